The fourth-order valence-corrected chi connectivity index (χ4v) is 11.2. The highest BCUT2D eigenvalue weighted by Gasteiger charge is 2.70. The molecule has 5 aliphatic carbocycles. The molecule has 0 aliphatic heterocycles. The summed E-state index contributed by atoms with van der Waals surface area (Å²) in [5.41, 5.74) is 1.14. The molecule has 0 radical (unpaired) electrons. The molecule has 1 unspecified atom stereocenters. The van der Waals surface area contributed by atoms with E-state index in [2.05, 4.69) is 62.7 Å². The maximum absolute atomic E-state index is 14.5. The van der Waals surface area contributed by atoms with Crippen LogP contribution in [0.15, 0.2) is 23.3 Å². The number of nitrogens with zero attached hydrogens (tertiary/aromatic N) is 1. The number of rotatable bonds is 2. The molecule has 7 atom stereocenters. The second-order valence-electron chi connectivity index (χ2n) is 15.4. The van der Waals surface area contributed by atoms with Crippen molar-refractivity contribution in [3.05, 3.63) is 23.3 Å². The maximum atomic E-state index is 14.5. The molecule has 3 fully saturated rings. The van der Waals surface area contributed by atoms with Crippen LogP contribution in [0.1, 0.15) is 106 Å². The van der Waals surface area contributed by atoms with E-state index in [1.807, 2.05) is 19.9 Å². The predicted molar refractivity (Wildman–Crippen MR) is 152 cm³/mol. The minimum Gasteiger partial charge on any atom is -0.299 e. The number of fused-ring (bicyclic) bond motifs is 7. The predicted octanol–water partition coefficient (Wildman–Crippen LogP) is 8.38. The van der Waals surface area contributed by atoms with Gasteiger partial charge in [0.25, 0.3) is 0 Å². The molecule has 0 N–H and O–H groups in total. The van der Waals surface area contributed by atoms with E-state index in [0.29, 0.717) is 17.8 Å². The first-order valence-corrected chi connectivity index (χ1v) is 15.7. The molecule has 0 saturated heterocycles. The summed E-state index contributed by atoms with van der Waals surface area (Å²) in [5.74, 6) is 0.696. The fourth-order valence-electron chi connectivity index (χ4n) is 10.4. The summed E-state index contributed by atoms with van der Waals surface area (Å²) in [6.45, 7) is 16.0. The van der Waals surface area contributed by atoms with Gasteiger partial charge in [-0.05, 0) is 90.3 Å². The van der Waals surface area contributed by atoms with Gasteiger partial charge < -0.3 is 0 Å². The Kier molecular flexibility index (Phi) is 6.21. The number of alkyl halides is 1. The monoisotopic (exact) mass is 567 g/mol. The van der Waals surface area contributed by atoms with Gasteiger partial charge in [0.05, 0.1) is 5.57 Å². The number of nitriles is 1. The summed E-state index contributed by atoms with van der Waals surface area (Å²) in [4.78, 5) is 27.7. The standard InChI is InChI=1S/C33H46BrNO2/c1-28(2)10-8-22-26-23(36)18-25-30(5)19-21(20-35)27(37)29(3,4)24(30)9-11-31(25,6)32(26,7)13-15-33(22,14-12-28)16-17-34/h8,19,24-26H,9-18H2,1-7H3/t24-,25+,26?,30-,31+,32+,33+/m0/s1. The average molecular weight is 569 g/mol. The molecule has 0 heterocycles. The number of hydrogen-bond donors (Lipinski definition) is 0. The van der Waals surface area contributed by atoms with Crippen LogP contribution in [0.4, 0.5) is 0 Å². The van der Waals surface area contributed by atoms with Crippen LogP contribution < -0.4 is 0 Å². The van der Waals surface area contributed by atoms with Gasteiger partial charge in [0, 0.05) is 23.1 Å². The van der Waals surface area contributed by atoms with Crippen LogP contribution in [-0.4, -0.2) is 16.9 Å². The highest BCUT2D eigenvalue weighted by atomic mass is 79.9. The fraction of sp³-hybridized carbons (Fsp3) is 0.788. The third-order valence-corrected chi connectivity index (χ3v) is 13.3. The van der Waals surface area contributed by atoms with Crippen LogP contribution >= 0.6 is 15.9 Å². The van der Waals surface area contributed by atoms with Gasteiger partial charge in [-0.3, -0.25) is 9.59 Å². The van der Waals surface area contributed by atoms with Gasteiger partial charge in [0.2, 0.25) is 0 Å². The Labute approximate surface area is 233 Å². The van der Waals surface area contributed by atoms with Crippen LogP contribution in [-0.2, 0) is 9.59 Å². The van der Waals surface area contributed by atoms with E-state index in [1.165, 1.54) is 18.4 Å². The van der Waals surface area contributed by atoms with Gasteiger partial charge >= 0.3 is 0 Å². The summed E-state index contributed by atoms with van der Waals surface area (Å²) in [5, 5.41) is 10.9. The van der Waals surface area contributed by atoms with Crippen LogP contribution in [0.2, 0.25) is 0 Å². The molecule has 5 rings (SSSR count). The molecular formula is C33H46BrNO2. The van der Waals surface area contributed by atoms with Gasteiger partial charge in [-0.1, -0.05) is 82.1 Å². The van der Waals surface area contributed by atoms with E-state index in [1.54, 1.807) is 0 Å². The first-order chi connectivity index (χ1) is 17.1. The van der Waals surface area contributed by atoms with Gasteiger partial charge in [0.15, 0.2) is 5.78 Å². The summed E-state index contributed by atoms with van der Waals surface area (Å²) in [7, 11) is 0. The zero-order valence-corrected chi connectivity index (χ0v) is 25.7. The lowest BCUT2D eigenvalue weighted by molar-refractivity contribution is -0.192. The molecule has 4 heteroatoms. The lowest BCUT2D eigenvalue weighted by Crippen LogP contribution is -2.66. The molecule has 0 amide bonds. The molecule has 3 saturated carbocycles. The van der Waals surface area contributed by atoms with Crippen molar-refractivity contribution >= 4 is 27.5 Å². The van der Waals surface area contributed by atoms with Crippen molar-refractivity contribution in [3.8, 4) is 6.07 Å². The third-order valence-electron chi connectivity index (χ3n) is 12.9. The summed E-state index contributed by atoms with van der Waals surface area (Å²) < 4.78 is 0. The number of allylic oxidation sites excluding steroid dienone is 4. The second kappa shape index (κ2) is 8.39. The third kappa shape index (κ3) is 3.54. The van der Waals surface area contributed by atoms with Crippen LogP contribution in [0.3, 0.4) is 0 Å². The van der Waals surface area contributed by atoms with Crippen LogP contribution in [0, 0.1) is 61.6 Å². The van der Waals surface area contributed by atoms with E-state index in [0.717, 1.165) is 43.9 Å². The van der Waals surface area contributed by atoms with Crippen molar-refractivity contribution in [1.29, 1.82) is 5.26 Å². The Bertz CT molecular complexity index is 1140. The molecule has 0 bridgehead atoms. The van der Waals surface area contributed by atoms with Crippen molar-refractivity contribution < 1.29 is 9.59 Å². The van der Waals surface area contributed by atoms with E-state index in [9.17, 15) is 14.9 Å². The topological polar surface area (TPSA) is 57.9 Å². The molecule has 202 valence electrons. The van der Waals surface area contributed by atoms with Gasteiger partial charge in [0.1, 0.15) is 11.9 Å². The zero-order chi connectivity index (χ0) is 27.2. The molecule has 3 nitrogen and oxygen atoms in total. The lowest BCUT2D eigenvalue weighted by atomic mass is 9.33. The normalized spacial score (nSPS) is 46.2. The summed E-state index contributed by atoms with van der Waals surface area (Å²) >= 11 is 3.78. The molecule has 0 spiro atoms. The molecule has 37 heavy (non-hydrogen) atoms. The Hall–Kier alpha value is -1.21. The van der Waals surface area contributed by atoms with E-state index < -0.39 is 5.41 Å². The van der Waals surface area contributed by atoms with Gasteiger partial charge in [-0.15, -0.1) is 0 Å². The minimum absolute atomic E-state index is 0.00625. The number of halogens is 1. The highest BCUT2D eigenvalue weighted by molar-refractivity contribution is 9.09. The van der Waals surface area contributed by atoms with E-state index >= 15 is 0 Å². The molecule has 0 aromatic rings. The number of Topliss-reactive ketones (excluding diaryl/α,β-unsaturated/α-hetero) is 2. The number of carbonyl (C=O) groups excluding carboxylic acids is 2. The maximum Gasteiger partial charge on any atom is 0.178 e. The van der Waals surface area contributed by atoms with Crippen molar-refractivity contribution in [2.24, 2.45) is 50.2 Å². The van der Waals surface area contributed by atoms with Crippen molar-refractivity contribution in [2.45, 2.75) is 106 Å². The quantitative estimate of drug-likeness (QED) is 0.248. The SMILES string of the molecule is CC1(C)CC=C2C3C(=O)C[C@@H]4[C@@]5(C)C=C(C#N)C(=O)C(C)(C)[C@@H]5CC[C@@]4(C)[C@]3(C)CC[C@@]2(CCBr)CC1. The molecule has 0 aromatic heterocycles. The smallest absolute Gasteiger partial charge is 0.178 e. The Morgan fingerprint density at radius 2 is 1.62 bits per heavy atom. The summed E-state index contributed by atoms with van der Waals surface area (Å²) in [6.07, 6.45) is 13.9. The average Bonchev–Trinajstić information content (AvgIpc) is 2.95. The van der Waals surface area contributed by atoms with Crippen LogP contribution in [0.5, 0.6) is 0 Å². The largest absolute Gasteiger partial charge is 0.299 e. The Morgan fingerprint density at radius 3 is 2.27 bits per heavy atom. The minimum atomic E-state index is -0.580. The first-order valence-electron chi connectivity index (χ1n) is 14.6. The van der Waals surface area contributed by atoms with Gasteiger partial charge in [-0.25, -0.2) is 0 Å². The Balaban J connectivity index is 1.65. The lowest BCUT2D eigenvalue weighted by Gasteiger charge is -2.70. The zero-order valence-electron chi connectivity index (χ0n) is 24.1. The second-order valence-corrected chi connectivity index (χ2v) is 16.2. The van der Waals surface area contributed by atoms with Crippen molar-refractivity contribution in [3.63, 3.8) is 0 Å². The highest BCUT2D eigenvalue weighted by Crippen LogP contribution is 2.75. The first kappa shape index (κ1) is 27.4. The molecule has 5 aliphatic rings. The number of hydrogen-bond acceptors (Lipinski definition) is 3. The number of carbonyl (C=O) groups is 2. The summed E-state index contributed by atoms with van der Waals surface area (Å²) in [6, 6.07) is 2.24. The van der Waals surface area contributed by atoms with Crippen LogP contribution in [0.25, 0.3) is 0 Å². The molecular weight excluding hydrogens is 522 g/mol. The van der Waals surface area contributed by atoms with E-state index in [4.69, 9.17) is 0 Å². The van der Waals surface area contributed by atoms with E-state index in [-0.39, 0.29) is 50.6 Å². The Morgan fingerprint density at radius 1 is 0.946 bits per heavy atom. The number of ketones is 2. The molecule has 0 aromatic carbocycles. The van der Waals surface area contributed by atoms with Crippen molar-refractivity contribution in [2.75, 3.05) is 5.33 Å². The van der Waals surface area contributed by atoms with Crippen molar-refractivity contribution in [1.82, 2.24) is 0 Å². The van der Waals surface area contributed by atoms with Gasteiger partial charge in [-0.2, -0.15) is 5.26 Å².